The Kier molecular flexibility index (Phi) is 5.19. The normalized spacial score (nSPS) is 18.9. The van der Waals surface area contributed by atoms with Gasteiger partial charge in [0.2, 0.25) is 0 Å². The van der Waals surface area contributed by atoms with Crippen LogP contribution in [0.4, 0.5) is 5.82 Å². The minimum absolute atomic E-state index is 0.523. The molecule has 4 nitrogen and oxygen atoms in total. The minimum Gasteiger partial charge on any atom is -0.355 e. The van der Waals surface area contributed by atoms with Gasteiger partial charge in [-0.1, -0.05) is 13.8 Å². The highest BCUT2D eigenvalue weighted by Crippen LogP contribution is 2.26. The predicted octanol–water partition coefficient (Wildman–Crippen LogP) is 2.78. The van der Waals surface area contributed by atoms with Crippen molar-refractivity contribution in [3.05, 3.63) is 22.9 Å². The van der Waals surface area contributed by atoms with Gasteiger partial charge in [0.1, 0.15) is 11.9 Å². The van der Waals surface area contributed by atoms with Gasteiger partial charge in [-0.25, -0.2) is 4.98 Å². The van der Waals surface area contributed by atoms with Crippen molar-refractivity contribution in [3.8, 4) is 6.07 Å². The topological polar surface area (TPSA) is 52.0 Å². The molecule has 2 heterocycles. The largest absolute Gasteiger partial charge is 0.355 e. The van der Waals surface area contributed by atoms with E-state index < -0.39 is 0 Å². The molecule has 1 aromatic heterocycles. The molecule has 4 heteroatoms. The van der Waals surface area contributed by atoms with Crippen molar-refractivity contribution in [2.75, 3.05) is 24.5 Å². The molecule has 1 unspecified atom stereocenters. The fourth-order valence-corrected chi connectivity index (χ4v) is 3.01. The summed E-state index contributed by atoms with van der Waals surface area (Å²) in [7, 11) is 0. The van der Waals surface area contributed by atoms with Gasteiger partial charge >= 0.3 is 0 Å². The molecule has 0 aromatic carbocycles. The summed E-state index contributed by atoms with van der Waals surface area (Å²) in [5, 5.41) is 13.0. The van der Waals surface area contributed by atoms with Crippen LogP contribution in [0.5, 0.6) is 0 Å². The van der Waals surface area contributed by atoms with Crippen molar-refractivity contribution >= 4 is 5.82 Å². The van der Waals surface area contributed by atoms with E-state index in [1.165, 1.54) is 12.8 Å². The van der Waals surface area contributed by atoms with Crippen LogP contribution in [0, 0.1) is 31.1 Å². The monoisotopic (exact) mass is 286 g/mol. The van der Waals surface area contributed by atoms with Crippen LogP contribution in [0.15, 0.2) is 6.07 Å². The van der Waals surface area contributed by atoms with E-state index >= 15 is 0 Å². The van der Waals surface area contributed by atoms with Crippen LogP contribution >= 0.6 is 0 Å². The van der Waals surface area contributed by atoms with Crippen LogP contribution in [0.1, 0.15) is 43.5 Å². The van der Waals surface area contributed by atoms with E-state index in [9.17, 15) is 5.26 Å². The number of nitrogens with one attached hydrogen (secondary N) is 1. The van der Waals surface area contributed by atoms with E-state index in [4.69, 9.17) is 0 Å². The fourth-order valence-electron chi connectivity index (χ4n) is 3.01. The van der Waals surface area contributed by atoms with Crippen LogP contribution < -0.4 is 10.2 Å². The van der Waals surface area contributed by atoms with Crippen molar-refractivity contribution in [3.63, 3.8) is 0 Å². The summed E-state index contributed by atoms with van der Waals surface area (Å²) in [4.78, 5) is 6.94. The van der Waals surface area contributed by atoms with Gasteiger partial charge in [0.05, 0.1) is 5.56 Å². The molecular weight excluding hydrogens is 260 g/mol. The number of pyridine rings is 1. The maximum atomic E-state index is 9.43. The van der Waals surface area contributed by atoms with Crippen LogP contribution in [0.2, 0.25) is 0 Å². The van der Waals surface area contributed by atoms with Gasteiger partial charge in [-0.15, -0.1) is 0 Å². The van der Waals surface area contributed by atoms with Crippen molar-refractivity contribution in [2.24, 2.45) is 5.92 Å². The Morgan fingerprint density at radius 3 is 2.90 bits per heavy atom. The number of rotatable bonds is 4. The standard InChI is InChI=1S/C17H26N4/c1-12(2)19-10-15-6-5-7-21(11-15)17-16(9-18)13(3)8-14(4)20-17/h8,12,15,19H,5-7,10-11H2,1-4H3. The van der Waals surface area contributed by atoms with Crippen LogP contribution in [-0.4, -0.2) is 30.7 Å². The molecule has 0 radical (unpaired) electrons. The number of piperidine rings is 1. The van der Waals surface area contributed by atoms with E-state index in [0.29, 0.717) is 12.0 Å². The summed E-state index contributed by atoms with van der Waals surface area (Å²) in [5.74, 6) is 1.51. The van der Waals surface area contributed by atoms with Crippen LogP contribution in [0.3, 0.4) is 0 Å². The Hall–Kier alpha value is -1.60. The maximum absolute atomic E-state index is 9.43. The molecule has 0 bridgehead atoms. The third kappa shape index (κ3) is 3.95. The van der Waals surface area contributed by atoms with Gasteiger partial charge in [-0.2, -0.15) is 5.26 Å². The first-order valence-electron chi connectivity index (χ1n) is 7.88. The fraction of sp³-hybridized carbons (Fsp3) is 0.647. The van der Waals surface area contributed by atoms with Crippen molar-refractivity contribution in [1.82, 2.24) is 10.3 Å². The highest BCUT2D eigenvalue weighted by Gasteiger charge is 2.23. The SMILES string of the molecule is Cc1cc(C)c(C#N)c(N2CCCC(CNC(C)C)C2)n1. The maximum Gasteiger partial charge on any atom is 0.147 e. The third-order valence-electron chi connectivity index (χ3n) is 4.07. The summed E-state index contributed by atoms with van der Waals surface area (Å²) in [6.45, 7) is 11.4. The van der Waals surface area contributed by atoms with Crippen molar-refractivity contribution < 1.29 is 0 Å². The smallest absolute Gasteiger partial charge is 0.147 e. The summed E-state index contributed by atoms with van der Waals surface area (Å²) in [5.41, 5.74) is 2.75. The lowest BCUT2D eigenvalue weighted by atomic mass is 9.97. The van der Waals surface area contributed by atoms with Crippen LogP contribution in [0.25, 0.3) is 0 Å². The summed E-state index contributed by atoms with van der Waals surface area (Å²) >= 11 is 0. The summed E-state index contributed by atoms with van der Waals surface area (Å²) in [6, 6.07) is 4.85. The first-order valence-corrected chi connectivity index (χ1v) is 7.88. The van der Waals surface area contributed by atoms with Gasteiger partial charge in [-0.05, 0) is 50.8 Å². The van der Waals surface area contributed by atoms with Gasteiger partial charge < -0.3 is 10.2 Å². The molecule has 0 spiro atoms. The number of nitriles is 1. The second-order valence-corrected chi connectivity index (χ2v) is 6.41. The zero-order chi connectivity index (χ0) is 15.4. The van der Waals surface area contributed by atoms with Gasteiger partial charge in [0.15, 0.2) is 0 Å². The minimum atomic E-state index is 0.523. The number of aryl methyl sites for hydroxylation is 2. The predicted molar refractivity (Wildman–Crippen MR) is 86.5 cm³/mol. The summed E-state index contributed by atoms with van der Waals surface area (Å²) < 4.78 is 0. The first-order chi connectivity index (χ1) is 10.0. The number of hydrogen-bond acceptors (Lipinski definition) is 4. The lowest BCUT2D eigenvalue weighted by molar-refractivity contribution is 0.378. The number of hydrogen-bond donors (Lipinski definition) is 1. The Labute approximate surface area is 128 Å². The van der Waals surface area contributed by atoms with Crippen LogP contribution in [-0.2, 0) is 0 Å². The van der Waals surface area contributed by atoms with E-state index in [1.807, 2.05) is 19.9 Å². The molecule has 1 aliphatic heterocycles. The molecule has 1 aromatic rings. The lowest BCUT2D eigenvalue weighted by Crippen LogP contribution is -2.41. The molecule has 21 heavy (non-hydrogen) atoms. The quantitative estimate of drug-likeness (QED) is 0.924. The molecule has 0 amide bonds. The van der Waals surface area contributed by atoms with E-state index in [2.05, 4.69) is 35.1 Å². The highest BCUT2D eigenvalue weighted by atomic mass is 15.2. The second-order valence-electron chi connectivity index (χ2n) is 6.41. The van der Waals surface area contributed by atoms with Gasteiger partial charge in [-0.3, -0.25) is 0 Å². The Morgan fingerprint density at radius 2 is 2.24 bits per heavy atom. The number of nitrogens with zero attached hydrogens (tertiary/aromatic N) is 3. The summed E-state index contributed by atoms with van der Waals surface area (Å²) in [6.07, 6.45) is 2.42. The van der Waals surface area contributed by atoms with E-state index in [1.54, 1.807) is 0 Å². The molecule has 2 rings (SSSR count). The molecule has 0 saturated carbocycles. The molecule has 114 valence electrons. The Morgan fingerprint density at radius 1 is 1.48 bits per heavy atom. The van der Waals surface area contributed by atoms with Crippen molar-refractivity contribution in [2.45, 2.75) is 46.6 Å². The Balaban J connectivity index is 2.16. The van der Waals surface area contributed by atoms with E-state index in [0.717, 1.165) is 42.3 Å². The number of aromatic nitrogens is 1. The molecule has 1 atom stereocenters. The highest BCUT2D eigenvalue weighted by molar-refractivity contribution is 5.58. The molecule has 1 saturated heterocycles. The average Bonchev–Trinajstić information content (AvgIpc) is 2.44. The van der Waals surface area contributed by atoms with Gasteiger partial charge in [0.25, 0.3) is 0 Å². The lowest BCUT2D eigenvalue weighted by Gasteiger charge is -2.35. The molecular formula is C17H26N4. The second kappa shape index (κ2) is 6.91. The molecule has 1 aliphatic rings. The van der Waals surface area contributed by atoms with E-state index in [-0.39, 0.29) is 0 Å². The average molecular weight is 286 g/mol. The third-order valence-corrected chi connectivity index (χ3v) is 4.07. The molecule has 1 N–H and O–H groups in total. The van der Waals surface area contributed by atoms with Crippen molar-refractivity contribution in [1.29, 1.82) is 5.26 Å². The zero-order valence-corrected chi connectivity index (χ0v) is 13.6. The zero-order valence-electron chi connectivity index (χ0n) is 13.6. The molecule has 1 fully saturated rings. The number of anilines is 1. The Bertz CT molecular complexity index is 530. The first kappa shape index (κ1) is 15.8. The molecule has 0 aliphatic carbocycles. The van der Waals surface area contributed by atoms with Gasteiger partial charge in [0, 0.05) is 24.8 Å².